The fourth-order valence-corrected chi connectivity index (χ4v) is 2.96. The standard InChI is InChI=1S/C13H24FNO/c1-12(2,3)16-10-13-6-4-5-7-15(13)9-11(14)8-13/h11H,4-10H2,1-3H3. The summed E-state index contributed by atoms with van der Waals surface area (Å²) in [6, 6.07) is 0. The van der Waals surface area contributed by atoms with Gasteiger partial charge in [0, 0.05) is 18.5 Å². The maximum absolute atomic E-state index is 13.6. The van der Waals surface area contributed by atoms with Crippen LogP contribution in [0.1, 0.15) is 46.5 Å². The van der Waals surface area contributed by atoms with Gasteiger partial charge in [-0.3, -0.25) is 4.90 Å². The Bertz CT molecular complexity index is 251. The third kappa shape index (κ3) is 2.57. The molecule has 0 spiro atoms. The molecule has 0 aromatic rings. The van der Waals surface area contributed by atoms with Gasteiger partial charge in [-0.15, -0.1) is 0 Å². The molecule has 0 amide bonds. The third-order valence-corrected chi connectivity index (χ3v) is 3.78. The Kier molecular flexibility index (Phi) is 3.28. The van der Waals surface area contributed by atoms with Crippen LogP contribution in [0, 0.1) is 0 Å². The lowest BCUT2D eigenvalue weighted by Gasteiger charge is -2.43. The minimum absolute atomic E-state index is 0.00491. The Morgan fingerprint density at radius 1 is 1.38 bits per heavy atom. The van der Waals surface area contributed by atoms with Crippen molar-refractivity contribution in [2.75, 3.05) is 19.7 Å². The van der Waals surface area contributed by atoms with Gasteiger partial charge in [-0.25, -0.2) is 4.39 Å². The summed E-state index contributed by atoms with van der Waals surface area (Å²) in [5, 5.41) is 0. The van der Waals surface area contributed by atoms with Crippen molar-refractivity contribution in [1.82, 2.24) is 4.90 Å². The summed E-state index contributed by atoms with van der Waals surface area (Å²) in [6.45, 7) is 8.56. The van der Waals surface area contributed by atoms with E-state index in [1.165, 1.54) is 12.8 Å². The highest BCUT2D eigenvalue weighted by molar-refractivity contribution is 5.02. The second kappa shape index (κ2) is 4.26. The second-order valence-corrected chi connectivity index (χ2v) is 6.33. The summed E-state index contributed by atoms with van der Waals surface area (Å²) >= 11 is 0. The molecule has 0 aliphatic carbocycles. The van der Waals surface area contributed by atoms with Gasteiger partial charge < -0.3 is 4.74 Å². The maximum Gasteiger partial charge on any atom is 0.115 e. The van der Waals surface area contributed by atoms with Crippen LogP contribution < -0.4 is 0 Å². The van der Waals surface area contributed by atoms with Gasteiger partial charge in [0.2, 0.25) is 0 Å². The number of halogens is 1. The van der Waals surface area contributed by atoms with E-state index in [0.717, 1.165) is 13.0 Å². The molecule has 0 radical (unpaired) electrons. The Morgan fingerprint density at radius 3 is 2.81 bits per heavy atom. The smallest absolute Gasteiger partial charge is 0.115 e. The Morgan fingerprint density at radius 2 is 2.12 bits per heavy atom. The second-order valence-electron chi connectivity index (χ2n) is 6.33. The average Bonchev–Trinajstić information content (AvgIpc) is 2.50. The van der Waals surface area contributed by atoms with Crippen molar-refractivity contribution in [1.29, 1.82) is 0 Å². The van der Waals surface area contributed by atoms with Crippen LogP contribution in [0.5, 0.6) is 0 Å². The monoisotopic (exact) mass is 229 g/mol. The van der Waals surface area contributed by atoms with Crippen molar-refractivity contribution < 1.29 is 9.13 Å². The molecule has 0 aromatic carbocycles. The van der Waals surface area contributed by atoms with Gasteiger partial charge in [-0.1, -0.05) is 6.42 Å². The van der Waals surface area contributed by atoms with E-state index in [9.17, 15) is 4.39 Å². The summed E-state index contributed by atoms with van der Waals surface area (Å²) < 4.78 is 19.5. The lowest BCUT2D eigenvalue weighted by molar-refractivity contribution is -0.0727. The number of rotatable bonds is 2. The van der Waals surface area contributed by atoms with Crippen LogP contribution in [0.4, 0.5) is 4.39 Å². The molecule has 94 valence electrons. The molecule has 2 nitrogen and oxygen atoms in total. The first kappa shape index (κ1) is 12.3. The van der Waals surface area contributed by atoms with Gasteiger partial charge in [0.15, 0.2) is 0 Å². The predicted molar refractivity (Wildman–Crippen MR) is 63.4 cm³/mol. The SMILES string of the molecule is CC(C)(C)OCC12CCCCN1CC(F)C2. The summed E-state index contributed by atoms with van der Waals surface area (Å²) in [5.74, 6) is 0. The fraction of sp³-hybridized carbons (Fsp3) is 1.00. The van der Waals surface area contributed by atoms with E-state index in [1.807, 2.05) is 0 Å². The number of hydrogen-bond donors (Lipinski definition) is 0. The molecule has 0 N–H and O–H groups in total. The molecule has 0 aromatic heterocycles. The van der Waals surface area contributed by atoms with Crippen LogP contribution in [0.15, 0.2) is 0 Å². The average molecular weight is 229 g/mol. The molecule has 3 heteroatoms. The minimum atomic E-state index is -0.651. The molecule has 16 heavy (non-hydrogen) atoms. The largest absolute Gasteiger partial charge is 0.374 e. The molecule has 0 bridgehead atoms. The highest BCUT2D eigenvalue weighted by atomic mass is 19.1. The zero-order chi connectivity index (χ0) is 11.8. The number of ether oxygens (including phenoxy) is 1. The molecule has 2 rings (SSSR count). The minimum Gasteiger partial charge on any atom is -0.374 e. The Labute approximate surface area is 98.1 Å². The van der Waals surface area contributed by atoms with Crippen molar-refractivity contribution in [2.24, 2.45) is 0 Å². The predicted octanol–water partition coefficient (Wildman–Crippen LogP) is 2.77. The van der Waals surface area contributed by atoms with E-state index in [4.69, 9.17) is 4.74 Å². The van der Waals surface area contributed by atoms with Crippen molar-refractivity contribution in [2.45, 2.75) is 63.8 Å². The van der Waals surface area contributed by atoms with Crippen molar-refractivity contribution in [3.8, 4) is 0 Å². The Hall–Kier alpha value is -0.150. The third-order valence-electron chi connectivity index (χ3n) is 3.78. The van der Waals surface area contributed by atoms with Crippen LogP contribution in [-0.2, 0) is 4.74 Å². The van der Waals surface area contributed by atoms with Crippen molar-refractivity contribution >= 4 is 0 Å². The summed E-state index contributed by atoms with van der Waals surface area (Å²) in [5.41, 5.74) is -0.114. The van der Waals surface area contributed by atoms with Gasteiger partial charge in [-0.05, 0) is 40.2 Å². The van der Waals surface area contributed by atoms with E-state index < -0.39 is 6.17 Å². The van der Waals surface area contributed by atoms with Gasteiger partial charge in [-0.2, -0.15) is 0 Å². The lowest BCUT2D eigenvalue weighted by atomic mass is 9.87. The van der Waals surface area contributed by atoms with Gasteiger partial charge in [0.05, 0.1) is 12.2 Å². The van der Waals surface area contributed by atoms with Gasteiger partial charge in [0.25, 0.3) is 0 Å². The summed E-state index contributed by atoms with van der Waals surface area (Å²) in [4.78, 5) is 2.33. The van der Waals surface area contributed by atoms with Crippen molar-refractivity contribution in [3.05, 3.63) is 0 Å². The zero-order valence-electron chi connectivity index (χ0n) is 10.8. The van der Waals surface area contributed by atoms with Crippen LogP contribution in [0.25, 0.3) is 0 Å². The number of fused-ring (bicyclic) bond motifs is 1. The molecule has 2 heterocycles. The zero-order valence-corrected chi connectivity index (χ0v) is 10.8. The van der Waals surface area contributed by atoms with Crippen LogP contribution in [0.3, 0.4) is 0 Å². The van der Waals surface area contributed by atoms with Crippen LogP contribution in [-0.4, -0.2) is 41.9 Å². The maximum atomic E-state index is 13.6. The fourth-order valence-electron chi connectivity index (χ4n) is 2.96. The summed E-state index contributed by atoms with van der Waals surface area (Å²) in [6.07, 6.45) is 3.55. The van der Waals surface area contributed by atoms with E-state index in [1.54, 1.807) is 0 Å². The van der Waals surface area contributed by atoms with E-state index in [-0.39, 0.29) is 11.1 Å². The highest BCUT2D eigenvalue weighted by Gasteiger charge is 2.47. The normalized spacial score (nSPS) is 36.4. The van der Waals surface area contributed by atoms with Crippen molar-refractivity contribution in [3.63, 3.8) is 0 Å². The van der Waals surface area contributed by atoms with E-state index in [0.29, 0.717) is 19.6 Å². The quantitative estimate of drug-likeness (QED) is 0.722. The van der Waals surface area contributed by atoms with Gasteiger partial charge >= 0.3 is 0 Å². The number of hydrogen-bond acceptors (Lipinski definition) is 2. The van der Waals surface area contributed by atoms with E-state index in [2.05, 4.69) is 25.7 Å². The molecule has 2 fully saturated rings. The lowest BCUT2D eigenvalue weighted by Crippen LogP contribution is -2.51. The molecule has 2 atom stereocenters. The summed E-state index contributed by atoms with van der Waals surface area (Å²) in [7, 11) is 0. The first-order valence-electron chi connectivity index (χ1n) is 6.44. The topological polar surface area (TPSA) is 12.5 Å². The molecule has 2 unspecified atom stereocenters. The Balaban J connectivity index is 2.02. The number of piperidine rings is 1. The number of alkyl halides is 1. The van der Waals surface area contributed by atoms with Crippen LogP contribution >= 0.6 is 0 Å². The molecular weight excluding hydrogens is 205 g/mol. The highest BCUT2D eigenvalue weighted by Crippen LogP contribution is 2.39. The van der Waals surface area contributed by atoms with Gasteiger partial charge in [0.1, 0.15) is 6.17 Å². The molecule has 2 aliphatic heterocycles. The molecule has 0 saturated carbocycles. The van der Waals surface area contributed by atoms with Crippen LogP contribution in [0.2, 0.25) is 0 Å². The molecule has 2 saturated heterocycles. The molecular formula is C13H24FNO. The first-order chi connectivity index (χ1) is 7.41. The first-order valence-corrected chi connectivity index (χ1v) is 6.44. The van der Waals surface area contributed by atoms with E-state index >= 15 is 0 Å². The number of nitrogens with zero attached hydrogens (tertiary/aromatic N) is 1. The molecule has 2 aliphatic rings.